The van der Waals surface area contributed by atoms with E-state index in [-0.39, 0.29) is 29.4 Å². The maximum Gasteiger partial charge on any atom is 0.433 e. The Morgan fingerprint density at radius 3 is 2.76 bits per heavy atom. The molecule has 0 bridgehead atoms. The van der Waals surface area contributed by atoms with Crippen LogP contribution in [0.25, 0.3) is 22.6 Å². The van der Waals surface area contributed by atoms with E-state index >= 15 is 0 Å². The van der Waals surface area contributed by atoms with E-state index in [2.05, 4.69) is 20.0 Å². The van der Waals surface area contributed by atoms with Crippen molar-refractivity contribution < 1.29 is 18.9 Å². The minimum atomic E-state index is -0.598. The molecule has 0 unspecified atom stereocenters. The molecule has 0 radical (unpaired) electrons. The Hall–Kier alpha value is -3.50. The third kappa shape index (κ3) is 3.62. The summed E-state index contributed by atoms with van der Waals surface area (Å²) in [5.74, 6) is 0.911. The molecular formula is C18H20N6O5. The molecular weight excluding hydrogens is 380 g/mol. The third-order valence-electron chi connectivity index (χ3n) is 5.16. The first-order valence-electron chi connectivity index (χ1n) is 9.22. The van der Waals surface area contributed by atoms with Crippen LogP contribution in [0.1, 0.15) is 19.3 Å². The third-order valence-corrected chi connectivity index (χ3v) is 5.16. The molecule has 0 spiro atoms. The molecule has 11 heteroatoms. The van der Waals surface area contributed by atoms with Crippen LogP contribution < -0.4 is 4.90 Å². The molecule has 0 aromatic carbocycles. The van der Waals surface area contributed by atoms with Crippen LogP contribution in [0.2, 0.25) is 0 Å². The van der Waals surface area contributed by atoms with Gasteiger partial charge in [-0.1, -0.05) is 0 Å². The quantitative estimate of drug-likeness (QED) is 0.360. The van der Waals surface area contributed by atoms with E-state index in [1.807, 2.05) is 0 Å². The summed E-state index contributed by atoms with van der Waals surface area (Å²) in [4.78, 5) is 33.1. The van der Waals surface area contributed by atoms with Gasteiger partial charge in [-0.15, -0.1) is 0 Å². The monoisotopic (exact) mass is 400 g/mol. The van der Waals surface area contributed by atoms with Crippen molar-refractivity contribution in [3.8, 4) is 11.6 Å². The number of ether oxygens (including phenoxy) is 1. The number of anilines is 1. The zero-order valence-electron chi connectivity index (χ0n) is 16.1. The molecule has 3 aromatic heterocycles. The van der Waals surface area contributed by atoms with Gasteiger partial charge < -0.3 is 14.1 Å². The van der Waals surface area contributed by atoms with Crippen molar-refractivity contribution in [3.05, 3.63) is 28.4 Å². The minimum Gasteiger partial charge on any atom is -0.469 e. The first-order valence-corrected chi connectivity index (χ1v) is 9.22. The zero-order valence-corrected chi connectivity index (χ0v) is 16.1. The number of aromatic nitrogens is 4. The van der Waals surface area contributed by atoms with Crippen molar-refractivity contribution in [1.29, 1.82) is 0 Å². The molecule has 1 aliphatic heterocycles. The molecule has 1 fully saturated rings. The number of hydrogen-bond acceptors (Lipinski definition) is 9. The molecule has 11 nitrogen and oxygen atoms in total. The topological polar surface area (TPSA) is 129 Å². The van der Waals surface area contributed by atoms with Crippen LogP contribution in [0.4, 0.5) is 11.7 Å². The lowest BCUT2D eigenvalue weighted by Crippen LogP contribution is -2.35. The number of carbonyl (C=O) groups excluding carboxylic acids is 1. The second-order valence-electron chi connectivity index (χ2n) is 6.98. The van der Waals surface area contributed by atoms with Gasteiger partial charge in [-0.05, 0) is 24.8 Å². The van der Waals surface area contributed by atoms with Crippen LogP contribution in [0, 0.1) is 16.0 Å². The van der Waals surface area contributed by atoms with E-state index in [1.54, 1.807) is 17.9 Å². The number of hydrogen-bond donors (Lipinski definition) is 0. The Morgan fingerprint density at radius 1 is 1.34 bits per heavy atom. The number of nitrogens with zero attached hydrogens (tertiary/aromatic N) is 6. The summed E-state index contributed by atoms with van der Waals surface area (Å²) in [7, 11) is 3.17. The molecule has 29 heavy (non-hydrogen) atoms. The van der Waals surface area contributed by atoms with Gasteiger partial charge in [0.25, 0.3) is 0 Å². The van der Waals surface area contributed by atoms with Crippen LogP contribution in [0.5, 0.6) is 0 Å². The normalized spacial score (nSPS) is 15.0. The van der Waals surface area contributed by atoms with Crippen LogP contribution in [0.3, 0.4) is 0 Å². The lowest BCUT2D eigenvalue weighted by molar-refractivity contribution is -0.401. The summed E-state index contributed by atoms with van der Waals surface area (Å²) in [5.41, 5.74) is 0.612. The van der Waals surface area contributed by atoms with Gasteiger partial charge in [-0.25, -0.2) is 9.97 Å². The van der Waals surface area contributed by atoms with Crippen molar-refractivity contribution in [2.75, 3.05) is 25.1 Å². The highest BCUT2D eigenvalue weighted by atomic mass is 16.6. The molecule has 0 aliphatic carbocycles. The summed E-state index contributed by atoms with van der Waals surface area (Å²) in [6, 6.07) is 2.77. The van der Waals surface area contributed by atoms with Gasteiger partial charge in [0.05, 0.1) is 24.8 Å². The number of piperidine rings is 1. The van der Waals surface area contributed by atoms with Crippen LogP contribution >= 0.6 is 0 Å². The van der Waals surface area contributed by atoms with Crippen LogP contribution in [0.15, 0.2) is 22.7 Å². The van der Waals surface area contributed by atoms with E-state index in [1.165, 1.54) is 19.2 Å². The molecule has 4 rings (SSSR count). The van der Waals surface area contributed by atoms with Gasteiger partial charge in [-0.3, -0.25) is 19.6 Å². The maximum atomic E-state index is 11.5. The first-order chi connectivity index (χ1) is 14.0. The number of methoxy groups -OCH3 is 1. The minimum absolute atomic E-state index is 0.193. The largest absolute Gasteiger partial charge is 0.469 e. The molecule has 0 atom stereocenters. The summed E-state index contributed by atoms with van der Waals surface area (Å²) in [6.45, 7) is 1.45. The van der Waals surface area contributed by atoms with E-state index < -0.39 is 4.92 Å². The van der Waals surface area contributed by atoms with Crippen molar-refractivity contribution in [1.82, 2.24) is 19.7 Å². The highest BCUT2D eigenvalue weighted by Crippen LogP contribution is 2.32. The highest BCUT2D eigenvalue weighted by molar-refractivity contribution is 5.88. The second kappa shape index (κ2) is 7.49. The SMILES string of the molecule is COC(=O)CC1CCN(c2nc(-c3ccc([N+](=O)[O-])o3)nc3c2cnn3C)CC1. The summed E-state index contributed by atoms with van der Waals surface area (Å²) in [5, 5.41) is 16.0. The Labute approximate surface area is 165 Å². The van der Waals surface area contributed by atoms with E-state index in [0.29, 0.717) is 17.9 Å². The Kier molecular flexibility index (Phi) is 4.87. The lowest BCUT2D eigenvalue weighted by Gasteiger charge is -2.32. The average molecular weight is 400 g/mol. The van der Waals surface area contributed by atoms with Crippen LogP contribution in [-0.2, 0) is 16.6 Å². The van der Waals surface area contributed by atoms with Crippen molar-refractivity contribution in [2.45, 2.75) is 19.3 Å². The van der Waals surface area contributed by atoms with Crippen LogP contribution in [-0.4, -0.2) is 50.8 Å². The fraction of sp³-hybridized carbons (Fsp3) is 0.444. The number of fused-ring (bicyclic) bond motifs is 1. The number of esters is 1. The smallest absolute Gasteiger partial charge is 0.433 e. The fourth-order valence-electron chi connectivity index (χ4n) is 3.57. The van der Waals surface area contributed by atoms with Gasteiger partial charge in [0.1, 0.15) is 10.7 Å². The Balaban J connectivity index is 1.65. The van der Waals surface area contributed by atoms with E-state index in [9.17, 15) is 14.9 Å². The molecule has 0 N–H and O–H groups in total. The molecule has 1 aliphatic rings. The Bertz CT molecular complexity index is 1070. The lowest BCUT2D eigenvalue weighted by atomic mass is 9.93. The number of rotatable bonds is 5. The standard InChI is InChI=1S/C18H20N6O5/c1-22-17-12(10-19-22)18(23-7-5-11(6-8-23)9-15(25)28-2)21-16(20-17)13-3-4-14(29-13)24(26)27/h3-4,10-11H,5-9H2,1-2H3. The molecule has 152 valence electrons. The molecule has 1 saturated heterocycles. The average Bonchev–Trinajstić information content (AvgIpc) is 3.36. The molecule has 0 amide bonds. The summed E-state index contributed by atoms with van der Waals surface area (Å²) >= 11 is 0. The van der Waals surface area contributed by atoms with E-state index in [4.69, 9.17) is 9.15 Å². The highest BCUT2D eigenvalue weighted by Gasteiger charge is 2.26. The predicted octanol–water partition coefficient (Wildman–Crippen LogP) is 2.31. The second-order valence-corrected chi connectivity index (χ2v) is 6.98. The van der Waals surface area contributed by atoms with Gasteiger partial charge in [0, 0.05) is 26.6 Å². The van der Waals surface area contributed by atoms with Gasteiger partial charge in [0.2, 0.25) is 0 Å². The molecule has 3 aromatic rings. The van der Waals surface area contributed by atoms with Gasteiger partial charge in [0.15, 0.2) is 17.2 Å². The zero-order chi connectivity index (χ0) is 20.5. The Morgan fingerprint density at radius 2 is 2.10 bits per heavy atom. The maximum absolute atomic E-state index is 11.5. The fourth-order valence-corrected chi connectivity index (χ4v) is 3.57. The van der Waals surface area contributed by atoms with Crippen molar-refractivity contribution in [3.63, 3.8) is 0 Å². The van der Waals surface area contributed by atoms with Gasteiger partial charge >= 0.3 is 11.9 Å². The first kappa shape index (κ1) is 18.8. The summed E-state index contributed by atoms with van der Waals surface area (Å²) in [6.07, 6.45) is 3.79. The number of carbonyl (C=O) groups is 1. The van der Waals surface area contributed by atoms with E-state index in [0.717, 1.165) is 31.3 Å². The number of furan rings is 1. The van der Waals surface area contributed by atoms with Crippen molar-refractivity contribution >= 4 is 28.7 Å². The predicted molar refractivity (Wildman–Crippen MR) is 102 cm³/mol. The molecule has 0 saturated carbocycles. The number of aryl methyl sites for hydroxylation is 1. The molecule has 4 heterocycles. The number of nitro groups is 1. The van der Waals surface area contributed by atoms with Gasteiger partial charge in [-0.2, -0.15) is 5.10 Å². The van der Waals surface area contributed by atoms with Crippen molar-refractivity contribution in [2.24, 2.45) is 13.0 Å². The summed E-state index contributed by atoms with van der Waals surface area (Å²) < 4.78 is 11.7.